The third-order valence-electron chi connectivity index (χ3n) is 1.68. The number of alkyl halides is 3. The molecule has 0 radical (unpaired) electrons. The zero-order valence-corrected chi connectivity index (χ0v) is 11.3. The van der Waals surface area contributed by atoms with Crippen LogP contribution >= 0.6 is 46.4 Å². The fraction of sp³-hybridized carbons (Fsp3) is 0.222. The van der Waals surface area contributed by atoms with Gasteiger partial charge in [-0.05, 0) is 24.3 Å². The number of carbonyl (C=O) groups excluding carboxylic acids is 1. The molecule has 4 nitrogen and oxygen atoms in total. The van der Waals surface area contributed by atoms with Crippen molar-refractivity contribution in [1.29, 1.82) is 0 Å². The van der Waals surface area contributed by atoms with Gasteiger partial charge in [0.2, 0.25) is 3.79 Å². The quantitative estimate of drug-likeness (QED) is 0.579. The van der Waals surface area contributed by atoms with Crippen LogP contribution in [0.2, 0.25) is 5.02 Å². The molecule has 1 aromatic carbocycles. The second-order valence-electron chi connectivity index (χ2n) is 3.05. The Balaban J connectivity index is 2.53. The highest BCUT2D eigenvalue weighted by Gasteiger charge is 2.32. The van der Waals surface area contributed by atoms with Crippen molar-refractivity contribution in [2.45, 2.75) is 10.0 Å². The molecule has 0 bridgehead atoms. The number of aliphatic hydroxyl groups excluding tert-OH is 1. The molecule has 1 aromatic rings. The van der Waals surface area contributed by atoms with Gasteiger partial charge < -0.3 is 15.7 Å². The molecule has 17 heavy (non-hydrogen) atoms. The highest BCUT2D eigenvalue weighted by Crippen LogP contribution is 2.28. The largest absolute Gasteiger partial charge is 0.369 e. The van der Waals surface area contributed by atoms with Gasteiger partial charge in [-0.25, -0.2) is 4.79 Å². The average molecular weight is 318 g/mol. The maximum atomic E-state index is 11.4. The van der Waals surface area contributed by atoms with E-state index in [1.165, 1.54) is 0 Å². The SMILES string of the molecule is O=C(Nc1ccc(Cl)cc1)N[C@@H](O)C(Cl)(Cl)Cl. The van der Waals surface area contributed by atoms with Gasteiger partial charge in [-0.15, -0.1) is 0 Å². The van der Waals surface area contributed by atoms with Crippen molar-refractivity contribution >= 4 is 58.1 Å². The molecule has 8 heteroatoms. The summed E-state index contributed by atoms with van der Waals surface area (Å²) in [6.07, 6.45) is -1.61. The Morgan fingerprint density at radius 3 is 2.24 bits per heavy atom. The lowest BCUT2D eigenvalue weighted by Gasteiger charge is -2.20. The maximum Gasteiger partial charge on any atom is 0.321 e. The summed E-state index contributed by atoms with van der Waals surface area (Å²) in [5.74, 6) is 0. The molecule has 0 heterocycles. The molecule has 0 aromatic heterocycles. The molecule has 1 atom stereocenters. The molecule has 0 unspecified atom stereocenters. The second kappa shape index (κ2) is 5.98. The molecular formula is C9H8Cl4N2O2. The minimum Gasteiger partial charge on any atom is -0.369 e. The molecule has 0 spiro atoms. The number of carbonyl (C=O) groups is 1. The minimum absolute atomic E-state index is 0.489. The van der Waals surface area contributed by atoms with Crippen LogP contribution in [0, 0.1) is 0 Å². The van der Waals surface area contributed by atoms with Gasteiger partial charge in [0.1, 0.15) is 0 Å². The molecule has 2 amide bonds. The first-order chi connectivity index (χ1) is 7.79. The van der Waals surface area contributed by atoms with E-state index in [1.54, 1.807) is 24.3 Å². The van der Waals surface area contributed by atoms with Crippen molar-refractivity contribution in [3.63, 3.8) is 0 Å². The molecule has 0 aliphatic heterocycles. The first kappa shape index (κ1) is 14.7. The fourth-order valence-electron chi connectivity index (χ4n) is 0.906. The van der Waals surface area contributed by atoms with Crippen LogP contribution in [0.5, 0.6) is 0 Å². The van der Waals surface area contributed by atoms with E-state index in [9.17, 15) is 9.90 Å². The van der Waals surface area contributed by atoms with Crippen LogP contribution in [0.1, 0.15) is 0 Å². The van der Waals surface area contributed by atoms with Crippen LogP contribution < -0.4 is 10.6 Å². The first-order valence-corrected chi connectivity index (χ1v) is 5.88. The number of urea groups is 1. The lowest BCUT2D eigenvalue weighted by Crippen LogP contribution is -2.45. The van der Waals surface area contributed by atoms with E-state index in [1.807, 2.05) is 0 Å². The van der Waals surface area contributed by atoms with Crippen LogP contribution in [0.15, 0.2) is 24.3 Å². The summed E-state index contributed by atoms with van der Waals surface area (Å²) in [5.41, 5.74) is 0.489. The predicted octanol–water partition coefficient (Wildman–Crippen LogP) is 3.15. The van der Waals surface area contributed by atoms with Gasteiger partial charge in [-0.3, -0.25) is 0 Å². The minimum atomic E-state index is -1.99. The lowest BCUT2D eigenvalue weighted by molar-refractivity contribution is 0.148. The lowest BCUT2D eigenvalue weighted by atomic mass is 10.3. The number of rotatable bonds is 2. The highest BCUT2D eigenvalue weighted by molar-refractivity contribution is 6.68. The smallest absolute Gasteiger partial charge is 0.321 e. The Labute approximate surface area is 118 Å². The van der Waals surface area contributed by atoms with E-state index in [0.717, 1.165) is 0 Å². The van der Waals surface area contributed by atoms with E-state index in [4.69, 9.17) is 46.4 Å². The summed E-state index contributed by atoms with van der Waals surface area (Å²) < 4.78 is -1.99. The van der Waals surface area contributed by atoms with Crippen molar-refractivity contribution < 1.29 is 9.90 Å². The Bertz CT molecular complexity index is 391. The van der Waals surface area contributed by atoms with Crippen molar-refractivity contribution in [2.24, 2.45) is 0 Å². The van der Waals surface area contributed by atoms with Crippen LogP contribution in [-0.2, 0) is 0 Å². The van der Waals surface area contributed by atoms with E-state index in [2.05, 4.69) is 10.6 Å². The summed E-state index contributed by atoms with van der Waals surface area (Å²) in [4.78, 5) is 11.4. The number of hydrogen-bond donors (Lipinski definition) is 3. The summed E-state index contributed by atoms with van der Waals surface area (Å²) in [6.45, 7) is 0. The molecule has 94 valence electrons. The van der Waals surface area contributed by atoms with E-state index >= 15 is 0 Å². The molecule has 0 fully saturated rings. The Kier molecular flexibility index (Phi) is 5.16. The van der Waals surface area contributed by atoms with Gasteiger partial charge in [0.25, 0.3) is 0 Å². The number of anilines is 1. The third kappa shape index (κ3) is 5.19. The maximum absolute atomic E-state index is 11.4. The zero-order valence-electron chi connectivity index (χ0n) is 8.25. The monoisotopic (exact) mass is 316 g/mol. The van der Waals surface area contributed by atoms with Gasteiger partial charge in [0, 0.05) is 10.7 Å². The Morgan fingerprint density at radius 2 is 1.76 bits per heavy atom. The van der Waals surface area contributed by atoms with Crippen LogP contribution in [0.4, 0.5) is 10.5 Å². The third-order valence-corrected chi connectivity index (χ3v) is 2.55. The molecule has 0 aliphatic carbocycles. The predicted molar refractivity (Wildman–Crippen MR) is 69.9 cm³/mol. The van der Waals surface area contributed by atoms with Crippen molar-refractivity contribution in [3.8, 4) is 0 Å². The van der Waals surface area contributed by atoms with E-state index < -0.39 is 16.1 Å². The van der Waals surface area contributed by atoms with Crippen molar-refractivity contribution in [3.05, 3.63) is 29.3 Å². The second-order valence-corrected chi connectivity index (χ2v) is 5.85. The average Bonchev–Trinajstić information content (AvgIpc) is 2.20. The van der Waals surface area contributed by atoms with Gasteiger partial charge in [0.15, 0.2) is 6.23 Å². The molecule has 0 saturated carbocycles. The molecule has 0 aliphatic rings. The molecular weight excluding hydrogens is 310 g/mol. The number of aliphatic hydroxyl groups is 1. The van der Waals surface area contributed by atoms with E-state index in [0.29, 0.717) is 10.7 Å². The topological polar surface area (TPSA) is 61.4 Å². The summed E-state index contributed by atoms with van der Waals surface area (Å²) in [7, 11) is 0. The normalized spacial score (nSPS) is 13.0. The van der Waals surface area contributed by atoms with Gasteiger partial charge in [-0.2, -0.15) is 0 Å². The zero-order chi connectivity index (χ0) is 13.1. The Hall–Kier alpha value is -0.390. The van der Waals surface area contributed by atoms with Gasteiger partial charge in [-0.1, -0.05) is 46.4 Å². The van der Waals surface area contributed by atoms with Crippen LogP contribution in [-0.4, -0.2) is 21.2 Å². The first-order valence-electron chi connectivity index (χ1n) is 4.37. The summed E-state index contributed by atoms with van der Waals surface area (Å²) >= 11 is 21.8. The standard InChI is InChI=1S/C9H8Cl4N2O2/c10-5-1-3-6(4-2-5)14-8(17)15-7(16)9(11,12)13/h1-4,7,16H,(H2,14,15,17)/t7-/m0/s1. The fourth-order valence-corrected chi connectivity index (χ4v) is 1.20. The molecule has 1 rings (SSSR count). The summed E-state index contributed by atoms with van der Waals surface area (Å²) in [5, 5.41) is 14.3. The van der Waals surface area contributed by atoms with Crippen LogP contribution in [0.3, 0.4) is 0 Å². The number of benzene rings is 1. The number of nitrogens with one attached hydrogen (secondary N) is 2. The van der Waals surface area contributed by atoms with Crippen molar-refractivity contribution in [2.75, 3.05) is 5.32 Å². The highest BCUT2D eigenvalue weighted by atomic mass is 35.6. The van der Waals surface area contributed by atoms with Crippen molar-refractivity contribution in [1.82, 2.24) is 5.32 Å². The number of amides is 2. The van der Waals surface area contributed by atoms with E-state index in [-0.39, 0.29) is 0 Å². The molecule has 0 saturated heterocycles. The number of halogens is 4. The van der Waals surface area contributed by atoms with Crippen LogP contribution in [0.25, 0.3) is 0 Å². The number of hydrogen-bond acceptors (Lipinski definition) is 2. The van der Waals surface area contributed by atoms with Gasteiger partial charge >= 0.3 is 6.03 Å². The Morgan fingerprint density at radius 1 is 1.24 bits per heavy atom. The van der Waals surface area contributed by atoms with Gasteiger partial charge in [0.05, 0.1) is 0 Å². The molecule has 3 N–H and O–H groups in total. The summed E-state index contributed by atoms with van der Waals surface area (Å²) in [6, 6.07) is 5.67.